The summed E-state index contributed by atoms with van der Waals surface area (Å²) in [5, 5.41) is 2.87. The van der Waals surface area contributed by atoms with Crippen LogP contribution < -0.4 is 5.32 Å². The summed E-state index contributed by atoms with van der Waals surface area (Å²) in [7, 11) is 1.99. The highest BCUT2D eigenvalue weighted by Crippen LogP contribution is 2.25. The van der Waals surface area contributed by atoms with Crippen LogP contribution in [-0.2, 0) is 0 Å². The Hall–Kier alpha value is -0.220. The number of rotatable bonds is 4. The average Bonchev–Trinajstić information content (AvgIpc) is 2.44. The second-order valence-corrected chi connectivity index (χ2v) is 4.33. The molecule has 0 aromatic rings. The van der Waals surface area contributed by atoms with Crippen molar-refractivity contribution in [1.29, 1.82) is 0 Å². The second kappa shape index (κ2) is 4.53. The van der Waals surface area contributed by atoms with Crippen molar-refractivity contribution < 1.29 is 8.78 Å². The Morgan fingerprint density at radius 1 is 1.57 bits per heavy atom. The Morgan fingerprint density at radius 2 is 2.21 bits per heavy atom. The summed E-state index contributed by atoms with van der Waals surface area (Å²) in [6.45, 7) is 4.78. The molecule has 1 heterocycles. The lowest BCUT2D eigenvalue weighted by atomic mass is 10.1. The average molecular weight is 206 g/mol. The van der Waals surface area contributed by atoms with Crippen LogP contribution in [-0.4, -0.2) is 43.0 Å². The third-order valence-corrected chi connectivity index (χ3v) is 3.05. The van der Waals surface area contributed by atoms with Crippen LogP contribution >= 0.6 is 0 Å². The summed E-state index contributed by atoms with van der Waals surface area (Å²) in [6.07, 6.45) is 1.04. The Balaban J connectivity index is 2.32. The highest BCUT2D eigenvalue weighted by molar-refractivity contribution is 4.89. The first kappa shape index (κ1) is 11.9. The summed E-state index contributed by atoms with van der Waals surface area (Å²) in [6, 6.07) is 0.412. The van der Waals surface area contributed by atoms with Gasteiger partial charge in [-0.1, -0.05) is 6.92 Å². The quantitative estimate of drug-likeness (QED) is 0.753. The fourth-order valence-electron chi connectivity index (χ4n) is 1.77. The van der Waals surface area contributed by atoms with Crippen LogP contribution in [0.2, 0.25) is 0 Å². The van der Waals surface area contributed by atoms with Crippen LogP contribution in [0.5, 0.6) is 0 Å². The van der Waals surface area contributed by atoms with Gasteiger partial charge in [-0.3, -0.25) is 0 Å². The topological polar surface area (TPSA) is 15.3 Å². The molecule has 0 aliphatic carbocycles. The molecular weight excluding hydrogens is 186 g/mol. The molecular formula is C10H20F2N2. The SMILES string of the molecule is CCC(C)N(C)CC1CC(F)(F)CN1. The molecule has 2 unspecified atom stereocenters. The van der Waals surface area contributed by atoms with E-state index in [1.807, 2.05) is 7.05 Å². The van der Waals surface area contributed by atoms with Crippen molar-refractivity contribution in [2.45, 2.75) is 44.7 Å². The second-order valence-electron chi connectivity index (χ2n) is 4.33. The summed E-state index contributed by atoms with van der Waals surface area (Å²) in [5.41, 5.74) is 0. The lowest BCUT2D eigenvalue weighted by molar-refractivity contribution is 0.0198. The van der Waals surface area contributed by atoms with Gasteiger partial charge in [-0.2, -0.15) is 0 Å². The molecule has 2 nitrogen and oxygen atoms in total. The van der Waals surface area contributed by atoms with Gasteiger partial charge < -0.3 is 10.2 Å². The standard InChI is InChI=1S/C10H20F2N2/c1-4-8(2)14(3)6-9-5-10(11,12)7-13-9/h8-9,13H,4-7H2,1-3H3. The highest BCUT2D eigenvalue weighted by atomic mass is 19.3. The molecule has 14 heavy (non-hydrogen) atoms. The summed E-state index contributed by atoms with van der Waals surface area (Å²) in [5.74, 6) is -2.50. The molecule has 0 aromatic carbocycles. The smallest absolute Gasteiger partial charge is 0.261 e. The predicted molar refractivity (Wildman–Crippen MR) is 53.7 cm³/mol. The van der Waals surface area contributed by atoms with Crippen molar-refractivity contribution in [3.8, 4) is 0 Å². The third-order valence-electron chi connectivity index (χ3n) is 3.05. The van der Waals surface area contributed by atoms with Gasteiger partial charge in [0, 0.05) is 25.0 Å². The van der Waals surface area contributed by atoms with Crippen molar-refractivity contribution in [1.82, 2.24) is 10.2 Å². The number of nitrogens with one attached hydrogen (secondary N) is 1. The van der Waals surface area contributed by atoms with E-state index in [2.05, 4.69) is 24.1 Å². The van der Waals surface area contributed by atoms with E-state index in [4.69, 9.17) is 0 Å². The van der Waals surface area contributed by atoms with E-state index >= 15 is 0 Å². The van der Waals surface area contributed by atoms with E-state index in [1.54, 1.807) is 0 Å². The van der Waals surface area contributed by atoms with Crippen LogP contribution in [0.1, 0.15) is 26.7 Å². The van der Waals surface area contributed by atoms with E-state index in [-0.39, 0.29) is 19.0 Å². The molecule has 1 fully saturated rings. The van der Waals surface area contributed by atoms with Crippen molar-refractivity contribution in [3.05, 3.63) is 0 Å². The minimum Gasteiger partial charge on any atom is -0.307 e. The molecule has 0 amide bonds. The number of hydrogen-bond donors (Lipinski definition) is 1. The van der Waals surface area contributed by atoms with Crippen molar-refractivity contribution in [2.75, 3.05) is 20.1 Å². The molecule has 2 atom stereocenters. The highest BCUT2D eigenvalue weighted by Gasteiger charge is 2.39. The van der Waals surface area contributed by atoms with E-state index in [0.717, 1.165) is 6.42 Å². The van der Waals surface area contributed by atoms with Crippen molar-refractivity contribution in [2.24, 2.45) is 0 Å². The van der Waals surface area contributed by atoms with Gasteiger partial charge in [-0.25, -0.2) is 8.78 Å². The maximum Gasteiger partial charge on any atom is 0.261 e. The monoisotopic (exact) mass is 206 g/mol. The molecule has 1 rings (SSSR count). The maximum absolute atomic E-state index is 12.8. The minimum atomic E-state index is -2.50. The van der Waals surface area contributed by atoms with Crippen molar-refractivity contribution >= 4 is 0 Å². The van der Waals surface area contributed by atoms with Gasteiger partial charge >= 0.3 is 0 Å². The van der Waals surface area contributed by atoms with Gasteiger partial charge in [0.05, 0.1) is 6.54 Å². The van der Waals surface area contributed by atoms with Gasteiger partial charge in [-0.15, -0.1) is 0 Å². The summed E-state index contributed by atoms with van der Waals surface area (Å²) in [4.78, 5) is 2.14. The molecule has 0 spiro atoms. The number of likely N-dealkylation sites (N-methyl/N-ethyl adjacent to an activating group) is 1. The van der Waals surface area contributed by atoms with Crippen LogP contribution in [0, 0.1) is 0 Å². The fourth-order valence-corrected chi connectivity index (χ4v) is 1.77. The molecule has 1 saturated heterocycles. The zero-order chi connectivity index (χ0) is 10.8. The Kier molecular flexibility index (Phi) is 3.84. The lowest BCUT2D eigenvalue weighted by Gasteiger charge is -2.26. The molecule has 0 bridgehead atoms. The van der Waals surface area contributed by atoms with E-state index < -0.39 is 5.92 Å². The van der Waals surface area contributed by atoms with E-state index in [1.165, 1.54) is 0 Å². The fraction of sp³-hybridized carbons (Fsp3) is 1.00. The number of nitrogens with zero attached hydrogens (tertiary/aromatic N) is 1. The summed E-state index contributed by atoms with van der Waals surface area (Å²) < 4.78 is 25.7. The van der Waals surface area contributed by atoms with Crippen LogP contribution in [0.25, 0.3) is 0 Å². The van der Waals surface area contributed by atoms with Gasteiger partial charge in [0.15, 0.2) is 0 Å². The molecule has 1 aliphatic rings. The largest absolute Gasteiger partial charge is 0.307 e. The van der Waals surface area contributed by atoms with Gasteiger partial charge in [0.2, 0.25) is 0 Å². The number of halogens is 2. The summed E-state index contributed by atoms with van der Waals surface area (Å²) >= 11 is 0. The van der Waals surface area contributed by atoms with Gasteiger partial charge in [0.25, 0.3) is 5.92 Å². The van der Waals surface area contributed by atoms with Gasteiger partial charge in [0.1, 0.15) is 0 Å². The molecule has 84 valence electrons. The molecule has 0 saturated carbocycles. The number of hydrogen-bond acceptors (Lipinski definition) is 2. The first-order valence-electron chi connectivity index (χ1n) is 5.26. The Bertz CT molecular complexity index is 185. The zero-order valence-corrected chi connectivity index (χ0v) is 9.19. The van der Waals surface area contributed by atoms with Crippen LogP contribution in [0.3, 0.4) is 0 Å². The third kappa shape index (κ3) is 3.17. The van der Waals surface area contributed by atoms with Crippen molar-refractivity contribution in [3.63, 3.8) is 0 Å². The first-order chi connectivity index (χ1) is 6.44. The zero-order valence-electron chi connectivity index (χ0n) is 9.19. The lowest BCUT2D eigenvalue weighted by Crippen LogP contribution is -2.39. The predicted octanol–water partition coefficient (Wildman–Crippen LogP) is 1.71. The molecule has 1 N–H and O–H groups in total. The molecule has 0 radical (unpaired) electrons. The van der Waals surface area contributed by atoms with Crippen LogP contribution in [0.4, 0.5) is 8.78 Å². The van der Waals surface area contributed by atoms with Crippen LogP contribution in [0.15, 0.2) is 0 Å². The van der Waals surface area contributed by atoms with E-state index in [9.17, 15) is 8.78 Å². The minimum absolute atomic E-state index is 0.0201. The Labute approximate surface area is 84.7 Å². The van der Waals surface area contributed by atoms with E-state index in [0.29, 0.717) is 12.6 Å². The normalized spacial score (nSPS) is 28.3. The molecule has 1 aliphatic heterocycles. The maximum atomic E-state index is 12.8. The Morgan fingerprint density at radius 3 is 2.64 bits per heavy atom. The molecule has 0 aromatic heterocycles. The number of alkyl halides is 2. The first-order valence-corrected chi connectivity index (χ1v) is 5.26. The molecule has 4 heteroatoms. The van der Waals surface area contributed by atoms with Gasteiger partial charge in [-0.05, 0) is 20.4 Å².